The van der Waals surface area contributed by atoms with Gasteiger partial charge in [-0.05, 0) is 54.5 Å². The van der Waals surface area contributed by atoms with Gasteiger partial charge in [0.2, 0.25) is 0 Å². The van der Waals surface area contributed by atoms with Crippen molar-refractivity contribution in [2.45, 2.75) is 33.2 Å². The highest BCUT2D eigenvalue weighted by molar-refractivity contribution is 7.10. The Balaban J connectivity index is 1.60. The predicted molar refractivity (Wildman–Crippen MR) is 137 cm³/mol. The molecule has 7 nitrogen and oxygen atoms in total. The van der Waals surface area contributed by atoms with E-state index in [4.69, 9.17) is 9.47 Å². The fourth-order valence-electron chi connectivity index (χ4n) is 4.51. The second kappa shape index (κ2) is 11.4. The van der Waals surface area contributed by atoms with Crippen molar-refractivity contribution in [2.75, 3.05) is 46.0 Å². The van der Waals surface area contributed by atoms with E-state index < -0.39 is 17.7 Å². The van der Waals surface area contributed by atoms with Crippen molar-refractivity contribution in [3.05, 3.63) is 57.3 Å². The van der Waals surface area contributed by atoms with Crippen molar-refractivity contribution in [1.29, 1.82) is 0 Å². The van der Waals surface area contributed by atoms with Crippen LogP contribution in [0.3, 0.4) is 0 Å². The molecule has 2 aliphatic rings. The number of carbonyl (C=O) groups excluding carboxylic acids is 2. The molecule has 2 aliphatic heterocycles. The Hall–Kier alpha value is -2.68. The molecule has 1 aromatic heterocycles. The van der Waals surface area contributed by atoms with Crippen LogP contribution in [0.15, 0.2) is 41.3 Å². The molecular formula is C27H34N2O5S. The number of ketones is 1. The van der Waals surface area contributed by atoms with Crippen LogP contribution >= 0.6 is 11.3 Å². The van der Waals surface area contributed by atoms with E-state index in [-0.39, 0.29) is 11.3 Å². The summed E-state index contributed by atoms with van der Waals surface area (Å²) in [5.74, 6) is -0.192. The maximum absolute atomic E-state index is 13.2. The number of thiophene rings is 1. The highest BCUT2D eigenvalue weighted by Crippen LogP contribution is 2.41. The average Bonchev–Trinajstić information content (AvgIpc) is 3.46. The van der Waals surface area contributed by atoms with Gasteiger partial charge in [-0.2, -0.15) is 0 Å². The number of amides is 1. The summed E-state index contributed by atoms with van der Waals surface area (Å²) in [6, 6.07) is 8.59. The third-order valence-electron chi connectivity index (χ3n) is 6.35. The molecule has 8 heteroatoms. The van der Waals surface area contributed by atoms with Crippen molar-refractivity contribution >= 4 is 28.8 Å². The summed E-state index contributed by atoms with van der Waals surface area (Å²) in [5, 5.41) is 13.2. The quantitative estimate of drug-likeness (QED) is 0.317. The van der Waals surface area contributed by atoms with E-state index in [0.29, 0.717) is 24.6 Å². The van der Waals surface area contributed by atoms with Crippen LogP contribution in [0.5, 0.6) is 5.75 Å². The number of carbonyl (C=O) groups is 2. The first-order valence-corrected chi connectivity index (χ1v) is 13.1. The molecule has 0 aliphatic carbocycles. The first kappa shape index (κ1) is 25.4. The molecule has 3 heterocycles. The van der Waals surface area contributed by atoms with Gasteiger partial charge in [0.15, 0.2) is 0 Å². The van der Waals surface area contributed by atoms with Crippen LogP contribution < -0.4 is 4.74 Å². The lowest BCUT2D eigenvalue weighted by Gasteiger charge is -2.28. The third-order valence-corrected chi connectivity index (χ3v) is 7.27. The first-order valence-electron chi connectivity index (χ1n) is 12.2. The molecule has 4 rings (SSSR count). The van der Waals surface area contributed by atoms with Gasteiger partial charge in [-0.3, -0.25) is 14.5 Å². The number of hydrogen-bond donors (Lipinski definition) is 1. The third kappa shape index (κ3) is 5.77. The predicted octanol–water partition coefficient (Wildman–Crippen LogP) is 4.24. The van der Waals surface area contributed by atoms with E-state index in [1.54, 1.807) is 11.0 Å². The molecule has 0 radical (unpaired) electrons. The van der Waals surface area contributed by atoms with Gasteiger partial charge in [0.25, 0.3) is 11.7 Å². The van der Waals surface area contributed by atoms with E-state index in [1.165, 1.54) is 11.3 Å². The van der Waals surface area contributed by atoms with E-state index in [0.717, 1.165) is 55.5 Å². The molecule has 2 fully saturated rings. The van der Waals surface area contributed by atoms with Crippen LogP contribution in [0, 0.1) is 12.8 Å². The minimum Gasteiger partial charge on any atom is -0.507 e. The number of ether oxygens (including phenoxy) is 2. The van der Waals surface area contributed by atoms with E-state index >= 15 is 0 Å². The Labute approximate surface area is 210 Å². The summed E-state index contributed by atoms with van der Waals surface area (Å²) in [7, 11) is 0. The average molecular weight is 499 g/mol. The van der Waals surface area contributed by atoms with E-state index in [1.807, 2.05) is 36.6 Å². The topological polar surface area (TPSA) is 79.3 Å². The Bertz CT molecular complexity index is 1070. The van der Waals surface area contributed by atoms with Gasteiger partial charge < -0.3 is 19.5 Å². The summed E-state index contributed by atoms with van der Waals surface area (Å²) in [4.78, 5) is 31.1. The van der Waals surface area contributed by atoms with Gasteiger partial charge in [0.05, 0.1) is 31.4 Å². The highest BCUT2D eigenvalue weighted by Gasteiger charge is 2.46. The smallest absolute Gasteiger partial charge is 0.295 e. The SMILES string of the molecule is Cc1cc(/C(O)=C2/C(=O)C(=O)N(CCCN3CCOCC3)C2c2cccs2)ccc1OCC(C)C. The molecular weight excluding hydrogens is 464 g/mol. The Morgan fingerprint density at radius 3 is 2.63 bits per heavy atom. The van der Waals surface area contributed by atoms with Gasteiger partial charge in [0, 0.05) is 36.6 Å². The lowest BCUT2D eigenvalue weighted by Crippen LogP contribution is -2.38. The van der Waals surface area contributed by atoms with E-state index in [2.05, 4.69) is 18.7 Å². The number of rotatable bonds is 9. The van der Waals surface area contributed by atoms with Crippen molar-refractivity contribution in [1.82, 2.24) is 9.80 Å². The Morgan fingerprint density at radius 1 is 1.20 bits per heavy atom. The van der Waals surface area contributed by atoms with Crippen LogP contribution in [0.2, 0.25) is 0 Å². The zero-order valence-electron chi connectivity index (χ0n) is 20.7. The first-order chi connectivity index (χ1) is 16.9. The largest absolute Gasteiger partial charge is 0.507 e. The zero-order chi connectivity index (χ0) is 24.9. The molecule has 188 valence electrons. The lowest BCUT2D eigenvalue weighted by atomic mass is 9.98. The molecule has 1 aromatic carbocycles. The highest BCUT2D eigenvalue weighted by atomic mass is 32.1. The molecule has 35 heavy (non-hydrogen) atoms. The van der Waals surface area contributed by atoms with Crippen LogP contribution in [0.1, 0.15) is 42.3 Å². The monoisotopic (exact) mass is 498 g/mol. The number of benzene rings is 1. The standard InChI is InChI=1S/C27H34N2O5S/c1-18(2)17-34-21-8-7-20(16-19(21)3)25(30)23-24(22-6-4-15-35-22)29(27(32)26(23)31)10-5-9-28-11-13-33-14-12-28/h4,6-8,15-16,18,24,30H,5,9-14,17H2,1-3H3/b25-23-. The van der Waals surface area contributed by atoms with Gasteiger partial charge >= 0.3 is 0 Å². The summed E-state index contributed by atoms with van der Waals surface area (Å²) in [5.41, 5.74) is 1.52. The van der Waals surface area contributed by atoms with Gasteiger partial charge in [-0.25, -0.2) is 0 Å². The van der Waals surface area contributed by atoms with Gasteiger partial charge in [-0.1, -0.05) is 19.9 Å². The number of likely N-dealkylation sites (tertiary alicyclic amines) is 1. The maximum atomic E-state index is 13.2. The Kier molecular flexibility index (Phi) is 8.26. The normalized spacial score (nSPS) is 20.7. The fourth-order valence-corrected chi connectivity index (χ4v) is 5.36. The maximum Gasteiger partial charge on any atom is 0.295 e. The fraction of sp³-hybridized carbons (Fsp3) is 0.481. The summed E-state index contributed by atoms with van der Waals surface area (Å²) >= 11 is 1.48. The van der Waals surface area contributed by atoms with Gasteiger partial charge in [0.1, 0.15) is 11.5 Å². The van der Waals surface area contributed by atoms with Crippen LogP contribution in [0.4, 0.5) is 0 Å². The number of aliphatic hydroxyl groups is 1. The van der Waals surface area contributed by atoms with Crippen LogP contribution in [-0.2, 0) is 14.3 Å². The number of aryl methyl sites for hydroxylation is 1. The summed E-state index contributed by atoms with van der Waals surface area (Å²) in [6.07, 6.45) is 0.746. The molecule has 0 saturated carbocycles. The summed E-state index contributed by atoms with van der Waals surface area (Å²) < 4.78 is 11.3. The number of Topliss-reactive ketones (excluding diaryl/α,β-unsaturated/α-hetero) is 1. The molecule has 2 saturated heterocycles. The number of hydrogen-bond acceptors (Lipinski definition) is 7. The Morgan fingerprint density at radius 2 is 1.97 bits per heavy atom. The number of aliphatic hydroxyl groups excluding tert-OH is 1. The molecule has 1 amide bonds. The summed E-state index contributed by atoms with van der Waals surface area (Å²) in [6.45, 7) is 11.2. The second-order valence-corrected chi connectivity index (χ2v) is 10.5. The number of morpholine rings is 1. The second-order valence-electron chi connectivity index (χ2n) is 9.50. The molecule has 1 atom stereocenters. The van der Waals surface area contributed by atoms with Crippen molar-refractivity contribution < 1.29 is 24.2 Å². The lowest BCUT2D eigenvalue weighted by molar-refractivity contribution is -0.140. The molecule has 0 spiro atoms. The molecule has 0 bridgehead atoms. The van der Waals surface area contributed by atoms with Gasteiger partial charge in [-0.15, -0.1) is 11.3 Å². The zero-order valence-corrected chi connectivity index (χ0v) is 21.5. The van der Waals surface area contributed by atoms with Crippen LogP contribution in [-0.4, -0.2) is 72.6 Å². The minimum absolute atomic E-state index is 0.143. The minimum atomic E-state index is -0.634. The molecule has 1 unspecified atom stereocenters. The molecule has 1 N–H and O–H groups in total. The molecule has 2 aromatic rings. The van der Waals surface area contributed by atoms with Crippen molar-refractivity contribution in [3.8, 4) is 5.75 Å². The van der Waals surface area contributed by atoms with E-state index in [9.17, 15) is 14.7 Å². The van der Waals surface area contributed by atoms with Crippen LogP contribution in [0.25, 0.3) is 5.76 Å². The van der Waals surface area contributed by atoms with Crippen molar-refractivity contribution in [2.24, 2.45) is 5.92 Å². The number of nitrogens with zero attached hydrogens (tertiary/aromatic N) is 2. The van der Waals surface area contributed by atoms with Crippen molar-refractivity contribution in [3.63, 3.8) is 0 Å².